The number of halogens is 2. The normalized spacial score (nSPS) is 10.5. The summed E-state index contributed by atoms with van der Waals surface area (Å²) in [5.41, 5.74) is 2.65. The lowest BCUT2D eigenvalue weighted by atomic mass is 10.1. The summed E-state index contributed by atoms with van der Waals surface area (Å²) < 4.78 is 14.0. The number of benzene rings is 2. The Balaban J connectivity index is 1.82. The maximum absolute atomic E-state index is 13.4. The fraction of sp³-hybridized carbons (Fsp3) is 0.143. The smallest absolute Gasteiger partial charge is 0.255 e. The third-order valence-electron chi connectivity index (χ3n) is 4.06. The number of carbonyl (C=O) groups excluding carboxylic acids is 1. The molecule has 0 spiro atoms. The van der Waals surface area contributed by atoms with Gasteiger partial charge in [-0.3, -0.25) is 9.78 Å². The van der Waals surface area contributed by atoms with Gasteiger partial charge in [0, 0.05) is 29.1 Å². The van der Waals surface area contributed by atoms with Crippen LogP contribution < -0.4 is 0 Å². The molecule has 0 N–H and O–H groups in total. The van der Waals surface area contributed by atoms with Crippen molar-refractivity contribution in [1.82, 2.24) is 9.88 Å². The van der Waals surface area contributed by atoms with E-state index in [0.717, 1.165) is 12.0 Å². The van der Waals surface area contributed by atoms with E-state index >= 15 is 0 Å². The van der Waals surface area contributed by atoms with Gasteiger partial charge in [0.25, 0.3) is 5.91 Å². The summed E-state index contributed by atoms with van der Waals surface area (Å²) >= 11 is 2.01. The zero-order chi connectivity index (χ0) is 18.4. The molecule has 26 heavy (non-hydrogen) atoms. The van der Waals surface area contributed by atoms with Crippen LogP contribution >= 0.6 is 22.6 Å². The number of hydrogen-bond donors (Lipinski definition) is 0. The highest BCUT2D eigenvalue weighted by Crippen LogP contribution is 2.18. The number of rotatable bonds is 6. The predicted molar refractivity (Wildman–Crippen MR) is 108 cm³/mol. The van der Waals surface area contributed by atoms with Crippen LogP contribution in [0, 0.1) is 9.39 Å². The zero-order valence-corrected chi connectivity index (χ0v) is 16.3. The summed E-state index contributed by atoms with van der Waals surface area (Å²) in [5, 5.41) is 0. The van der Waals surface area contributed by atoms with Crippen LogP contribution in [-0.2, 0) is 13.0 Å². The lowest BCUT2D eigenvalue weighted by molar-refractivity contribution is 0.0744. The van der Waals surface area contributed by atoms with Crippen LogP contribution in [0.4, 0.5) is 4.39 Å². The van der Waals surface area contributed by atoms with E-state index in [1.54, 1.807) is 23.4 Å². The van der Waals surface area contributed by atoms with Gasteiger partial charge in [-0.25, -0.2) is 4.39 Å². The Hall–Kier alpha value is -2.28. The Morgan fingerprint density at radius 3 is 2.50 bits per heavy atom. The van der Waals surface area contributed by atoms with E-state index < -0.39 is 0 Å². The molecule has 0 aliphatic heterocycles. The fourth-order valence-electron chi connectivity index (χ4n) is 2.71. The molecule has 1 amide bonds. The zero-order valence-electron chi connectivity index (χ0n) is 14.1. The van der Waals surface area contributed by atoms with Gasteiger partial charge in [-0.05, 0) is 64.4 Å². The summed E-state index contributed by atoms with van der Waals surface area (Å²) in [6.45, 7) is 1.04. The molecule has 2 aromatic carbocycles. The van der Waals surface area contributed by atoms with Gasteiger partial charge in [0.15, 0.2) is 0 Å². The van der Waals surface area contributed by atoms with Gasteiger partial charge in [-0.15, -0.1) is 0 Å². The first-order valence-corrected chi connectivity index (χ1v) is 9.38. The van der Waals surface area contributed by atoms with Crippen molar-refractivity contribution >= 4 is 28.5 Å². The Morgan fingerprint density at radius 1 is 1.04 bits per heavy atom. The average molecular weight is 460 g/mol. The average Bonchev–Trinajstić information content (AvgIpc) is 2.66. The van der Waals surface area contributed by atoms with Gasteiger partial charge in [0.05, 0.1) is 5.56 Å². The van der Waals surface area contributed by atoms with Gasteiger partial charge in [-0.1, -0.05) is 36.4 Å². The molecule has 0 saturated heterocycles. The van der Waals surface area contributed by atoms with Crippen LogP contribution in [0.5, 0.6) is 0 Å². The third kappa shape index (κ3) is 4.88. The van der Waals surface area contributed by atoms with E-state index in [-0.39, 0.29) is 11.7 Å². The molecular weight excluding hydrogens is 442 g/mol. The largest absolute Gasteiger partial charge is 0.334 e. The molecule has 0 radical (unpaired) electrons. The molecule has 3 nitrogen and oxygen atoms in total. The van der Waals surface area contributed by atoms with E-state index in [4.69, 9.17) is 0 Å². The highest BCUT2D eigenvalue weighted by molar-refractivity contribution is 14.1. The first kappa shape index (κ1) is 18.5. The van der Waals surface area contributed by atoms with E-state index in [2.05, 4.69) is 4.98 Å². The molecule has 0 aliphatic rings. The van der Waals surface area contributed by atoms with E-state index in [9.17, 15) is 9.18 Å². The Kier molecular flexibility index (Phi) is 6.33. The number of amides is 1. The Morgan fingerprint density at radius 2 is 1.81 bits per heavy atom. The van der Waals surface area contributed by atoms with Crippen LogP contribution in [0.25, 0.3) is 0 Å². The van der Waals surface area contributed by atoms with E-state index in [1.165, 1.54) is 17.7 Å². The standard InChI is InChI=1S/C21H18FIN2O/c22-18-8-9-19(20(23)13-18)21(26)25(15-17-7-4-11-24-14-17)12-10-16-5-2-1-3-6-16/h1-9,11,13-14H,10,12,15H2. The first-order chi connectivity index (χ1) is 12.6. The lowest BCUT2D eigenvalue weighted by Gasteiger charge is -2.23. The minimum Gasteiger partial charge on any atom is -0.334 e. The van der Waals surface area contributed by atoms with Crippen LogP contribution in [0.15, 0.2) is 73.1 Å². The minimum absolute atomic E-state index is 0.103. The van der Waals surface area contributed by atoms with Gasteiger partial charge in [0.2, 0.25) is 0 Å². The van der Waals surface area contributed by atoms with Crippen LogP contribution in [0.1, 0.15) is 21.5 Å². The van der Waals surface area contributed by atoms with Crippen molar-refractivity contribution in [3.05, 3.63) is 99.1 Å². The van der Waals surface area contributed by atoms with Crippen molar-refractivity contribution in [2.75, 3.05) is 6.54 Å². The predicted octanol–water partition coefficient (Wildman–Crippen LogP) is 4.71. The van der Waals surface area contributed by atoms with Crippen LogP contribution in [0.3, 0.4) is 0 Å². The van der Waals surface area contributed by atoms with Gasteiger partial charge < -0.3 is 4.90 Å². The van der Waals surface area contributed by atoms with Crippen LogP contribution in [0.2, 0.25) is 0 Å². The first-order valence-electron chi connectivity index (χ1n) is 8.30. The summed E-state index contributed by atoms with van der Waals surface area (Å²) in [5.74, 6) is -0.441. The molecule has 0 saturated carbocycles. The van der Waals surface area contributed by atoms with Crippen molar-refractivity contribution in [1.29, 1.82) is 0 Å². The second-order valence-electron chi connectivity index (χ2n) is 5.95. The molecule has 0 fully saturated rings. The van der Waals surface area contributed by atoms with Crippen LogP contribution in [-0.4, -0.2) is 22.3 Å². The summed E-state index contributed by atoms with van der Waals surface area (Å²) in [6.07, 6.45) is 4.23. The lowest BCUT2D eigenvalue weighted by Crippen LogP contribution is -2.33. The maximum Gasteiger partial charge on any atom is 0.255 e. The molecule has 132 valence electrons. The minimum atomic E-state index is -0.339. The second-order valence-corrected chi connectivity index (χ2v) is 7.11. The summed E-state index contributed by atoms with van der Waals surface area (Å²) in [6, 6.07) is 18.1. The monoisotopic (exact) mass is 460 g/mol. The highest BCUT2D eigenvalue weighted by atomic mass is 127. The SMILES string of the molecule is O=C(c1ccc(F)cc1I)N(CCc1ccccc1)Cc1cccnc1. The van der Waals surface area contributed by atoms with Crippen molar-refractivity contribution in [3.63, 3.8) is 0 Å². The quantitative estimate of drug-likeness (QED) is 0.500. The number of pyridine rings is 1. The molecule has 1 aromatic heterocycles. The molecule has 0 bridgehead atoms. The van der Waals surface area contributed by atoms with E-state index in [0.29, 0.717) is 22.2 Å². The van der Waals surface area contributed by atoms with Crippen molar-refractivity contribution in [2.45, 2.75) is 13.0 Å². The topological polar surface area (TPSA) is 33.2 Å². The number of nitrogens with zero attached hydrogens (tertiary/aromatic N) is 2. The molecule has 1 heterocycles. The van der Waals surface area contributed by atoms with Crippen molar-refractivity contribution < 1.29 is 9.18 Å². The summed E-state index contributed by atoms with van der Waals surface area (Å²) in [4.78, 5) is 19.0. The molecular formula is C21H18FIN2O. The maximum atomic E-state index is 13.4. The number of aromatic nitrogens is 1. The molecule has 3 aromatic rings. The Bertz CT molecular complexity index is 872. The molecule has 3 rings (SSSR count). The third-order valence-corrected chi connectivity index (χ3v) is 4.95. The number of carbonyl (C=O) groups is 1. The van der Waals surface area contributed by atoms with Crippen molar-refractivity contribution in [3.8, 4) is 0 Å². The summed E-state index contributed by atoms with van der Waals surface area (Å²) in [7, 11) is 0. The van der Waals surface area contributed by atoms with Gasteiger partial charge in [0.1, 0.15) is 5.82 Å². The second kappa shape index (κ2) is 8.89. The fourth-order valence-corrected chi connectivity index (χ4v) is 3.41. The van der Waals surface area contributed by atoms with Crippen molar-refractivity contribution in [2.24, 2.45) is 0 Å². The van der Waals surface area contributed by atoms with E-state index in [1.807, 2.05) is 65.1 Å². The molecule has 0 atom stereocenters. The Labute approximate surface area is 166 Å². The molecule has 0 aliphatic carbocycles. The van der Waals surface area contributed by atoms with Gasteiger partial charge in [-0.2, -0.15) is 0 Å². The van der Waals surface area contributed by atoms with Gasteiger partial charge >= 0.3 is 0 Å². The highest BCUT2D eigenvalue weighted by Gasteiger charge is 2.19. The molecule has 5 heteroatoms. The molecule has 0 unspecified atom stereocenters. The number of hydrogen-bond acceptors (Lipinski definition) is 2.